The number of hydrogen-bond donors (Lipinski definition) is 1. The van der Waals surface area contributed by atoms with Gasteiger partial charge in [0, 0.05) is 22.6 Å². The lowest BCUT2D eigenvalue weighted by atomic mass is 10.1. The Bertz CT molecular complexity index is 568. The van der Waals surface area contributed by atoms with Gasteiger partial charge in [-0.3, -0.25) is 4.68 Å². The molecule has 4 nitrogen and oxygen atoms in total. The molecule has 0 unspecified atom stereocenters. The molecule has 0 saturated heterocycles. The third-order valence-corrected chi connectivity index (χ3v) is 2.95. The number of aromatic nitrogens is 2. The Balaban J connectivity index is 2.70. The predicted octanol–water partition coefficient (Wildman–Crippen LogP) is 2.58. The Labute approximate surface area is 106 Å². The maximum absolute atomic E-state index is 13.7. The van der Waals surface area contributed by atoms with E-state index in [1.54, 1.807) is 19.3 Å². The molecule has 0 atom stereocenters. The summed E-state index contributed by atoms with van der Waals surface area (Å²) in [4.78, 5) is 0. The predicted molar refractivity (Wildman–Crippen MR) is 67.3 cm³/mol. The molecule has 1 heterocycles. The maximum Gasteiger partial charge on any atom is 0.166 e. The number of ether oxygens (including phenoxy) is 1. The molecule has 6 heteroatoms. The van der Waals surface area contributed by atoms with Crippen LogP contribution in [0.25, 0.3) is 11.1 Å². The standard InChI is InChI=1S/C11H11BrFN3O/c1-16-11(14)8(5-15-16)7-3-6(12)4-9(13)10(7)17-2/h3-5H,14H2,1-2H3. The van der Waals surface area contributed by atoms with Crippen LogP contribution < -0.4 is 10.5 Å². The summed E-state index contributed by atoms with van der Waals surface area (Å²) < 4.78 is 20.9. The third-order valence-electron chi connectivity index (χ3n) is 2.49. The highest BCUT2D eigenvalue weighted by Gasteiger charge is 2.16. The highest BCUT2D eigenvalue weighted by atomic mass is 79.9. The van der Waals surface area contributed by atoms with E-state index in [9.17, 15) is 4.39 Å². The van der Waals surface area contributed by atoms with Gasteiger partial charge in [0.1, 0.15) is 5.82 Å². The fraction of sp³-hybridized carbons (Fsp3) is 0.182. The van der Waals surface area contributed by atoms with Crippen molar-refractivity contribution in [1.29, 1.82) is 0 Å². The van der Waals surface area contributed by atoms with Crippen LogP contribution >= 0.6 is 15.9 Å². The first-order chi connectivity index (χ1) is 8.04. The summed E-state index contributed by atoms with van der Waals surface area (Å²) in [6.45, 7) is 0. The van der Waals surface area contributed by atoms with Crippen LogP contribution in [0.3, 0.4) is 0 Å². The van der Waals surface area contributed by atoms with Crippen molar-refractivity contribution in [1.82, 2.24) is 9.78 Å². The molecule has 17 heavy (non-hydrogen) atoms. The van der Waals surface area contributed by atoms with E-state index in [0.717, 1.165) is 0 Å². The second kappa shape index (κ2) is 4.37. The Kier molecular flexibility index (Phi) is 3.06. The van der Waals surface area contributed by atoms with Gasteiger partial charge in [-0.05, 0) is 12.1 Å². The van der Waals surface area contributed by atoms with Crippen molar-refractivity contribution >= 4 is 21.7 Å². The van der Waals surface area contributed by atoms with Gasteiger partial charge in [0.15, 0.2) is 11.6 Å². The number of benzene rings is 1. The topological polar surface area (TPSA) is 53.1 Å². The number of hydrogen-bond acceptors (Lipinski definition) is 3. The summed E-state index contributed by atoms with van der Waals surface area (Å²) in [5.74, 6) is 0.175. The van der Waals surface area contributed by atoms with Crippen molar-refractivity contribution in [2.24, 2.45) is 7.05 Å². The minimum atomic E-state index is -0.444. The second-order valence-electron chi connectivity index (χ2n) is 3.54. The number of anilines is 1. The molecule has 0 aliphatic carbocycles. The second-order valence-corrected chi connectivity index (χ2v) is 4.45. The van der Waals surface area contributed by atoms with Gasteiger partial charge in [0.05, 0.1) is 13.3 Å². The molecule has 0 bridgehead atoms. The quantitative estimate of drug-likeness (QED) is 0.927. The van der Waals surface area contributed by atoms with Crippen molar-refractivity contribution in [2.45, 2.75) is 0 Å². The molecule has 2 N–H and O–H groups in total. The zero-order chi connectivity index (χ0) is 12.6. The lowest BCUT2D eigenvalue weighted by Gasteiger charge is -2.09. The van der Waals surface area contributed by atoms with Gasteiger partial charge >= 0.3 is 0 Å². The Morgan fingerprint density at radius 1 is 1.41 bits per heavy atom. The molecule has 0 amide bonds. The molecule has 0 radical (unpaired) electrons. The molecule has 0 saturated carbocycles. The molecule has 0 aliphatic heterocycles. The van der Waals surface area contributed by atoms with Gasteiger partial charge in [-0.15, -0.1) is 0 Å². The van der Waals surface area contributed by atoms with Gasteiger partial charge in [-0.2, -0.15) is 5.10 Å². The summed E-state index contributed by atoms with van der Waals surface area (Å²) in [6.07, 6.45) is 1.58. The lowest BCUT2D eigenvalue weighted by Crippen LogP contribution is -1.99. The number of aryl methyl sites for hydroxylation is 1. The van der Waals surface area contributed by atoms with Crippen LogP contribution in [0.4, 0.5) is 10.2 Å². The first-order valence-corrected chi connectivity index (χ1v) is 5.64. The molecule has 0 aliphatic rings. The van der Waals surface area contributed by atoms with Crippen LogP contribution in [0, 0.1) is 5.82 Å². The minimum Gasteiger partial charge on any atom is -0.493 e. The van der Waals surface area contributed by atoms with E-state index in [2.05, 4.69) is 21.0 Å². The molecule has 0 spiro atoms. The van der Waals surface area contributed by atoms with E-state index in [0.29, 0.717) is 21.4 Å². The van der Waals surface area contributed by atoms with Crippen LogP contribution in [-0.2, 0) is 7.05 Å². The minimum absolute atomic E-state index is 0.160. The van der Waals surface area contributed by atoms with E-state index in [-0.39, 0.29) is 5.75 Å². The molecule has 0 fully saturated rings. The van der Waals surface area contributed by atoms with Gasteiger partial charge in [0.25, 0.3) is 0 Å². The summed E-state index contributed by atoms with van der Waals surface area (Å²) in [6, 6.07) is 3.09. The summed E-state index contributed by atoms with van der Waals surface area (Å²) in [5.41, 5.74) is 7.08. The van der Waals surface area contributed by atoms with Crippen LogP contribution in [-0.4, -0.2) is 16.9 Å². The van der Waals surface area contributed by atoms with Gasteiger partial charge in [0.2, 0.25) is 0 Å². The zero-order valence-corrected chi connectivity index (χ0v) is 11.0. The van der Waals surface area contributed by atoms with Crippen LogP contribution in [0.5, 0.6) is 5.75 Å². The number of methoxy groups -OCH3 is 1. The highest BCUT2D eigenvalue weighted by Crippen LogP contribution is 2.37. The fourth-order valence-electron chi connectivity index (χ4n) is 1.62. The first-order valence-electron chi connectivity index (χ1n) is 4.85. The number of nitrogen functional groups attached to an aromatic ring is 1. The molecule has 1 aromatic carbocycles. The normalized spacial score (nSPS) is 10.6. The Morgan fingerprint density at radius 3 is 2.65 bits per heavy atom. The van der Waals surface area contributed by atoms with Crippen LogP contribution in [0.2, 0.25) is 0 Å². The summed E-state index contributed by atoms with van der Waals surface area (Å²) in [7, 11) is 3.14. The van der Waals surface area contributed by atoms with Crippen molar-refractivity contribution in [2.75, 3.05) is 12.8 Å². The smallest absolute Gasteiger partial charge is 0.166 e. The van der Waals surface area contributed by atoms with Gasteiger partial charge in [-0.25, -0.2) is 4.39 Å². The SMILES string of the molecule is COc1c(F)cc(Br)cc1-c1cnn(C)c1N. The molecular weight excluding hydrogens is 289 g/mol. The first kappa shape index (κ1) is 11.9. The third kappa shape index (κ3) is 2.00. The van der Waals surface area contributed by atoms with Crippen molar-refractivity contribution in [3.8, 4) is 16.9 Å². The lowest BCUT2D eigenvalue weighted by molar-refractivity contribution is 0.388. The Morgan fingerprint density at radius 2 is 2.12 bits per heavy atom. The van der Waals surface area contributed by atoms with Crippen LogP contribution in [0.15, 0.2) is 22.8 Å². The number of halogens is 2. The van der Waals surface area contributed by atoms with E-state index < -0.39 is 5.82 Å². The van der Waals surface area contributed by atoms with Gasteiger partial charge < -0.3 is 10.5 Å². The number of rotatable bonds is 2. The fourth-order valence-corrected chi connectivity index (χ4v) is 2.05. The van der Waals surface area contributed by atoms with E-state index >= 15 is 0 Å². The molecule has 2 aromatic rings. The average molecular weight is 300 g/mol. The van der Waals surface area contributed by atoms with Crippen molar-refractivity contribution in [3.63, 3.8) is 0 Å². The molecule has 90 valence electrons. The van der Waals surface area contributed by atoms with Crippen LogP contribution in [0.1, 0.15) is 0 Å². The molecule has 1 aromatic heterocycles. The average Bonchev–Trinajstić information content (AvgIpc) is 2.59. The van der Waals surface area contributed by atoms with Gasteiger partial charge in [-0.1, -0.05) is 15.9 Å². The number of nitrogens with zero attached hydrogens (tertiary/aromatic N) is 2. The van der Waals surface area contributed by atoms with E-state index in [1.807, 2.05) is 0 Å². The highest BCUT2D eigenvalue weighted by molar-refractivity contribution is 9.10. The van der Waals surface area contributed by atoms with Crippen molar-refractivity contribution < 1.29 is 9.13 Å². The summed E-state index contributed by atoms with van der Waals surface area (Å²) in [5, 5.41) is 4.03. The monoisotopic (exact) mass is 299 g/mol. The van der Waals surface area contributed by atoms with E-state index in [4.69, 9.17) is 10.5 Å². The Hall–Kier alpha value is -1.56. The zero-order valence-electron chi connectivity index (χ0n) is 9.37. The molecular formula is C11H11BrFN3O. The van der Waals surface area contributed by atoms with E-state index in [1.165, 1.54) is 17.9 Å². The van der Waals surface area contributed by atoms with Crippen molar-refractivity contribution in [3.05, 3.63) is 28.6 Å². The largest absolute Gasteiger partial charge is 0.493 e. The molecule has 2 rings (SSSR count). The summed E-state index contributed by atoms with van der Waals surface area (Å²) >= 11 is 3.24. The maximum atomic E-state index is 13.7. The number of nitrogens with two attached hydrogens (primary N) is 1.